The van der Waals surface area contributed by atoms with E-state index in [9.17, 15) is 4.79 Å². The van der Waals surface area contributed by atoms with Gasteiger partial charge in [-0.1, -0.05) is 18.2 Å². The number of carbonyl (C=O) groups is 1. The second kappa shape index (κ2) is 3.18. The molecule has 68 valence electrons. The Labute approximate surface area is 76.9 Å². The molecule has 0 saturated heterocycles. The van der Waals surface area contributed by atoms with Crippen molar-refractivity contribution < 1.29 is 9.63 Å². The molecule has 0 spiro atoms. The normalized spacial score (nSPS) is 14.8. The van der Waals surface area contributed by atoms with E-state index in [0.717, 1.165) is 11.1 Å². The third kappa shape index (κ3) is 1.31. The summed E-state index contributed by atoms with van der Waals surface area (Å²) in [7, 11) is 0. The van der Waals surface area contributed by atoms with E-state index in [1.807, 2.05) is 31.2 Å². The highest BCUT2D eigenvalue weighted by atomic mass is 16.7. The lowest BCUT2D eigenvalue weighted by Crippen LogP contribution is -2.23. The minimum absolute atomic E-state index is 0.0301. The Hall–Kier alpha value is -1.35. The van der Waals surface area contributed by atoms with E-state index in [-0.39, 0.29) is 5.91 Å². The molecule has 3 nitrogen and oxygen atoms in total. The predicted octanol–water partition coefficient (Wildman–Crippen LogP) is 1.59. The highest BCUT2D eigenvalue weighted by Crippen LogP contribution is 2.21. The van der Waals surface area contributed by atoms with Gasteiger partial charge < -0.3 is 0 Å². The Balaban J connectivity index is 2.28. The highest BCUT2D eigenvalue weighted by Gasteiger charge is 2.26. The van der Waals surface area contributed by atoms with Gasteiger partial charge in [0, 0.05) is 5.56 Å². The summed E-state index contributed by atoms with van der Waals surface area (Å²) in [6, 6.07) is 7.58. The van der Waals surface area contributed by atoms with Gasteiger partial charge in [-0.15, -0.1) is 0 Å². The van der Waals surface area contributed by atoms with Gasteiger partial charge in [0.25, 0.3) is 5.91 Å². The van der Waals surface area contributed by atoms with Gasteiger partial charge in [0.05, 0.1) is 13.2 Å². The molecule has 1 aliphatic rings. The molecule has 0 saturated carbocycles. The quantitative estimate of drug-likeness (QED) is 0.686. The summed E-state index contributed by atoms with van der Waals surface area (Å²) in [5.41, 5.74) is 1.80. The average molecular weight is 177 g/mol. The van der Waals surface area contributed by atoms with Crippen molar-refractivity contribution in [1.29, 1.82) is 0 Å². The summed E-state index contributed by atoms with van der Waals surface area (Å²) < 4.78 is 0. The maximum Gasteiger partial charge on any atom is 0.278 e. The van der Waals surface area contributed by atoms with Crippen molar-refractivity contribution in [3.63, 3.8) is 0 Å². The van der Waals surface area contributed by atoms with E-state index in [1.165, 1.54) is 5.06 Å². The van der Waals surface area contributed by atoms with Gasteiger partial charge in [0.1, 0.15) is 0 Å². The monoisotopic (exact) mass is 177 g/mol. The molecular weight excluding hydrogens is 166 g/mol. The molecule has 13 heavy (non-hydrogen) atoms. The molecular formula is C10H11NO2. The van der Waals surface area contributed by atoms with E-state index in [2.05, 4.69) is 0 Å². The Bertz CT molecular complexity index is 335. The zero-order valence-corrected chi connectivity index (χ0v) is 7.49. The lowest BCUT2D eigenvalue weighted by atomic mass is 10.1. The second-order valence-corrected chi connectivity index (χ2v) is 2.92. The van der Waals surface area contributed by atoms with Crippen molar-refractivity contribution in [2.24, 2.45) is 0 Å². The summed E-state index contributed by atoms with van der Waals surface area (Å²) in [5, 5.41) is 1.41. The number of fused-ring (bicyclic) bond motifs is 1. The minimum atomic E-state index is -0.0301. The van der Waals surface area contributed by atoms with E-state index in [4.69, 9.17) is 4.84 Å². The molecule has 0 radical (unpaired) electrons. The first-order chi connectivity index (χ1) is 6.33. The molecule has 1 aliphatic heterocycles. The van der Waals surface area contributed by atoms with E-state index < -0.39 is 0 Å². The first kappa shape index (κ1) is 8.26. The number of hydrogen-bond acceptors (Lipinski definition) is 2. The summed E-state index contributed by atoms with van der Waals surface area (Å²) in [5.74, 6) is -0.0301. The highest BCUT2D eigenvalue weighted by molar-refractivity contribution is 5.97. The number of benzene rings is 1. The third-order valence-corrected chi connectivity index (χ3v) is 2.07. The number of amides is 1. The molecule has 0 aromatic heterocycles. The van der Waals surface area contributed by atoms with Crippen LogP contribution in [0.2, 0.25) is 0 Å². The summed E-state index contributed by atoms with van der Waals surface area (Å²) in [4.78, 5) is 16.8. The fourth-order valence-corrected chi connectivity index (χ4v) is 1.49. The average Bonchev–Trinajstić information content (AvgIpc) is 2.46. The van der Waals surface area contributed by atoms with Gasteiger partial charge in [-0.3, -0.25) is 9.63 Å². The van der Waals surface area contributed by atoms with Gasteiger partial charge in [0.15, 0.2) is 0 Å². The molecule has 2 rings (SSSR count). The van der Waals surface area contributed by atoms with Crippen molar-refractivity contribution in [2.45, 2.75) is 13.5 Å². The van der Waals surface area contributed by atoms with E-state index >= 15 is 0 Å². The predicted molar refractivity (Wildman–Crippen MR) is 47.9 cm³/mol. The lowest BCUT2D eigenvalue weighted by Gasteiger charge is -2.12. The SMILES string of the molecule is CCON1Cc2ccccc2C1=O. The molecule has 1 heterocycles. The Morgan fingerprint density at radius 2 is 2.23 bits per heavy atom. The van der Waals surface area contributed by atoms with Gasteiger partial charge in [-0.05, 0) is 18.6 Å². The van der Waals surface area contributed by atoms with Gasteiger partial charge in [0.2, 0.25) is 0 Å². The van der Waals surface area contributed by atoms with Crippen LogP contribution >= 0.6 is 0 Å². The maximum absolute atomic E-state index is 11.6. The van der Waals surface area contributed by atoms with Gasteiger partial charge >= 0.3 is 0 Å². The van der Waals surface area contributed by atoms with Crippen molar-refractivity contribution >= 4 is 5.91 Å². The third-order valence-electron chi connectivity index (χ3n) is 2.07. The van der Waals surface area contributed by atoms with Crippen molar-refractivity contribution in [3.8, 4) is 0 Å². The van der Waals surface area contributed by atoms with Crippen molar-refractivity contribution in [2.75, 3.05) is 6.61 Å². The number of nitrogens with zero attached hydrogens (tertiary/aromatic N) is 1. The van der Waals surface area contributed by atoms with Crippen LogP contribution < -0.4 is 0 Å². The summed E-state index contributed by atoms with van der Waals surface area (Å²) >= 11 is 0. The molecule has 1 aromatic rings. The lowest BCUT2D eigenvalue weighted by molar-refractivity contribution is -0.119. The molecule has 3 heteroatoms. The van der Waals surface area contributed by atoms with Gasteiger partial charge in [-0.2, -0.15) is 0 Å². The summed E-state index contributed by atoms with van der Waals surface area (Å²) in [6.07, 6.45) is 0. The summed E-state index contributed by atoms with van der Waals surface area (Å²) in [6.45, 7) is 2.97. The van der Waals surface area contributed by atoms with Crippen LogP contribution in [0.5, 0.6) is 0 Å². The molecule has 1 aromatic carbocycles. The fraction of sp³-hybridized carbons (Fsp3) is 0.300. The smallest absolute Gasteiger partial charge is 0.271 e. The number of hydroxylamine groups is 2. The fourth-order valence-electron chi connectivity index (χ4n) is 1.49. The maximum atomic E-state index is 11.6. The topological polar surface area (TPSA) is 29.5 Å². The molecule has 0 bridgehead atoms. The first-order valence-corrected chi connectivity index (χ1v) is 4.35. The molecule has 0 N–H and O–H groups in total. The van der Waals surface area contributed by atoms with Crippen LogP contribution in [0.15, 0.2) is 24.3 Å². The van der Waals surface area contributed by atoms with Crippen LogP contribution in [-0.4, -0.2) is 17.6 Å². The number of rotatable bonds is 2. The Morgan fingerprint density at radius 1 is 1.46 bits per heavy atom. The van der Waals surface area contributed by atoms with E-state index in [1.54, 1.807) is 0 Å². The van der Waals surface area contributed by atoms with E-state index in [0.29, 0.717) is 13.2 Å². The molecule has 0 fully saturated rings. The van der Waals surface area contributed by atoms with Crippen molar-refractivity contribution in [1.82, 2.24) is 5.06 Å². The molecule has 0 aliphatic carbocycles. The zero-order valence-electron chi connectivity index (χ0n) is 7.49. The number of carbonyl (C=O) groups excluding carboxylic acids is 1. The minimum Gasteiger partial charge on any atom is -0.271 e. The van der Waals surface area contributed by atoms with Crippen LogP contribution in [-0.2, 0) is 11.4 Å². The van der Waals surface area contributed by atoms with Crippen LogP contribution in [0.1, 0.15) is 22.8 Å². The van der Waals surface area contributed by atoms with Crippen LogP contribution in [0.3, 0.4) is 0 Å². The molecule has 0 unspecified atom stereocenters. The molecule has 0 atom stereocenters. The van der Waals surface area contributed by atoms with Gasteiger partial charge in [-0.25, -0.2) is 5.06 Å². The van der Waals surface area contributed by atoms with Crippen LogP contribution in [0.25, 0.3) is 0 Å². The largest absolute Gasteiger partial charge is 0.278 e. The Morgan fingerprint density at radius 3 is 2.92 bits per heavy atom. The second-order valence-electron chi connectivity index (χ2n) is 2.92. The van der Waals surface area contributed by atoms with Crippen molar-refractivity contribution in [3.05, 3.63) is 35.4 Å². The van der Waals surface area contributed by atoms with Crippen LogP contribution in [0, 0.1) is 0 Å². The standard InChI is InChI=1S/C10H11NO2/c1-2-13-11-7-8-5-3-4-6-9(8)10(11)12/h3-6H,2,7H2,1H3. The first-order valence-electron chi connectivity index (χ1n) is 4.35. The van der Waals surface area contributed by atoms with Crippen LogP contribution in [0.4, 0.5) is 0 Å². The molecule has 1 amide bonds. The number of hydrogen-bond donors (Lipinski definition) is 0. The zero-order chi connectivity index (χ0) is 9.26. The Kier molecular flexibility index (Phi) is 2.02.